The number of benzene rings is 1. The van der Waals surface area contributed by atoms with Crippen molar-refractivity contribution in [2.75, 3.05) is 11.9 Å². The molecule has 1 heterocycles. The molecule has 2 N–H and O–H groups in total. The number of hydrogen-bond acceptors (Lipinski definition) is 5. The molecule has 0 bridgehead atoms. The molecule has 6 nitrogen and oxygen atoms in total. The number of anilines is 2. The molecule has 1 aromatic heterocycles. The molecule has 3 rings (SSSR count). The summed E-state index contributed by atoms with van der Waals surface area (Å²) in [5, 5.41) is 13.4. The first-order valence-corrected chi connectivity index (χ1v) is 9.32. The van der Waals surface area contributed by atoms with Crippen molar-refractivity contribution >= 4 is 17.5 Å². The van der Waals surface area contributed by atoms with Gasteiger partial charge in [-0.05, 0) is 31.4 Å². The Morgan fingerprint density at radius 3 is 2.54 bits per heavy atom. The van der Waals surface area contributed by atoms with Crippen molar-refractivity contribution in [3.05, 3.63) is 48.3 Å². The van der Waals surface area contributed by atoms with Crippen LogP contribution in [0, 0.1) is 0 Å². The van der Waals surface area contributed by atoms with Crippen LogP contribution in [-0.4, -0.2) is 44.6 Å². The summed E-state index contributed by atoms with van der Waals surface area (Å²) in [7, 11) is 0. The highest BCUT2D eigenvalue weighted by atomic mass is 16.3. The molecule has 138 valence electrons. The first-order chi connectivity index (χ1) is 12.7. The van der Waals surface area contributed by atoms with Gasteiger partial charge in [0.25, 0.3) is 5.91 Å². The maximum absolute atomic E-state index is 13.0. The topological polar surface area (TPSA) is 78.4 Å². The summed E-state index contributed by atoms with van der Waals surface area (Å²) >= 11 is 0. The Morgan fingerprint density at radius 2 is 1.88 bits per heavy atom. The third kappa shape index (κ3) is 4.38. The number of nitrogens with zero attached hydrogens (tertiary/aromatic N) is 3. The van der Waals surface area contributed by atoms with Crippen molar-refractivity contribution in [1.29, 1.82) is 0 Å². The third-order valence-electron chi connectivity index (χ3n) is 4.75. The Bertz CT molecular complexity index is 706. The lowest BCUT2D eigenvalue weighted by molar-refractivity contribution is 0.0178. The third-order valence-corrected chi connectivity index (χ3v) is 4.75. The van der Waals surface area contributed by atoms with E-state index in [1.165, 1.54) is 0 Å². The van der Waals surface area contributed by atoms with Gasteiger partial charge in [0.05, 0.1) is 17.7 Å². The fourth-order valence-electron chi connectivity index (χ4n) is 3.43. The van der Waals surface area contributed by atoms with Gasteiger partial charge in [-0.2, -0.15) is 0 Å². The van der Waals surface area contributed by atoms with Gasteiger partial charge in [-0.3, -0.25) is 4.79 Å². The van der Waals surface area contributed by atoms with Gasteiger partial charge < -0.3 is 15.3 Å². The van der Waals surface area contributed by atoms with Crippen molar-refractivity contribution in [2.24, 2.45) is 0 Å². The Morgan fingerprint density at radius 1 is 1.19 bits per heavy atom. The van der Waals surface area contributed by atoms with Gasteiger partial charge in [0.1, 0.15) is 0 Å². The minimum Gasteiger partial charge on any atom is -0.391 e. The van der Waals surface area contributed by atoms with E-state index < -0.39 is 6.10 Å². The van der Waals surface area contributed by atoms with E-state index in [-0.39, 0.29) is 11.9 Å². The van der Waals surface area contributed by atoms with Crippen LogP contribution in [0.25, 0.3) is 0 Å². The number of hydrogen-bond donors (Lipinski definition) is 2. The molecule has 26 heavy (non-hydrogen) atoms. The molecular formula is C20H26N4O2. The molecule has 2 aromatic rings. The number of carbonyl (C=O) groups is 1. The van der Waals surface area contributed by atoms with Gasteiger partial charge in [-0.15, -0.1) is 0 Å². The van der Waals surface area contributed by atoms with E-state index >= 15 is 0 Å². The maximum Gasteiger partial charge on any atom is 0.257 e. The predicted molar refractivity (Wildman–Crippen MR) is 101 cm³/mol. The standard InChI is InChI=1S/C20H26N4O2/c1-2-12-24(17-10-6-7-11-18(17)25)19(26)15-13-21-20(22-14-15)23-16-8-4-3-5-9-16/h3-5,8-9,13-14,17-18,25H,2,6-7,10-12H2,1H3,(H,21,22,23)/t17-,18-/m1/s1. The molecular weight excluding hydrogens is 328 g/mol. The number of rotatable bonds is 6. The average Bonchev–Trinajstić information content (AvgIpc) is 2.68. The Kier molecular flexibility index (Phi) is 6.17. The van der Waals surface area contributed by atoms with Crippen LogP contribution in [-0.2, 0) is 0 Å². The van der Waals surface area contributed by atoms with E-state index in [4.69, 9.17) is 0 Å². The van der Waals surface area contributed by atoms with Gasteiger partial charge >= 0.3 is 0 Å². The zero-order valence-electron chi connectivity index (χ0n) is 15.1. The van der Waals surface area contributed by atoms with Crippen LogP contribution in [0.5, 0.6) is 0 Å². The second kappa shape index (κ2) is 8.76. The van der Waals surface area contributed by atoms with Crippen LogP contribution >= 0.6 is 0 Å². The van der Waals surface area contributed by atoms with Crippen LogP contribution in [0.1, 0.15) is 49.4 Å². The van der Waals surface area contributed by atoms with Crippen molar-refractivity contribution < 1.29 is 9.90 Å². The molecule has 1 aliphatic carbocycles. The Hall–Kier alpha value is -2.47. The zero-order valence-corrected chi connectivity index (χ0v) is 15.1. The molecule has 0 unspecified atom stereocenters. The normalized spacial score (nSPS) is 19.8. The molecule has 0 radical (unpaired) electrons. The molecule has 1 amide bonds. The van der Waals surface area contributed by atoms with E-state index in [1.54, 1.807) is 17.3 Å². The van der Waals surface area contributed by atoms with Crippen LogP contribution < -0.4 is 5.32 Å². The molecule has 0 spiro atoms. The van der Waals surface area contributed by atoms with Gasteiger partial charge in [0, 0.05) is 24.6 Å². The maximum atomic E-state index is 13.0. The predicted octanol–water partition coefficient (Wildman–Crippen LogP) is 3.38. The summed E-state index contributed by atoms with van der Waals surface area (Å²) in [6, 6.07) is 9.54. The van der Waals surface area contributed by atoms with Gasteiger partial charge in [-0.1, -0.05) is 38.0 Å². The molecule has 1 aliphatic rings. The quantitative estimate of drug-likeness (QED) is 0.831. The summed E-state index contributed by atoms with van der Waals surface area (Å²) < 4.78 is 0. The fraction of sp³-hybridized carbons (Fsp3) is 0.450. The van der Waals surface area contributed by atoms with E-state index in [2.05, 4.69) is 15.3 Å². The van der Waals surface area contributed by atoms with Crippen LogP contribution in [0.3, 0.4) is 0 Å². The number of para-hydroxylation sites is 1. The van der Waals surface area contributed by atoms with Gasteiger partial charge in [-0.25, -0.2) is 9.97 Å². The summed E-state index contributed by atoms with van der Waals surface area (Å²) in [5.74, 6) is 0.344. The monoisotopic (exact) mass is 354 g/mol. The summed E-state index contributed by atoms with van der Waals surface area (Å²) in [5.41, 5.74) is 1.35. The Labute approximate surface area is 154 Å². The van der Waals surface area contributed by atoms with Crippen molar-refractivity contribution in [1.82, 2.24) is 14.9 Å². The lowest BCUT2D eigenvalue weighted by Crippen LogP contribution is -2.48. The van der Waals surface area contributed by atoms with Gasteiger partial charge in [0.15, 0.2) is 0 Å². The van der Waals surface area contributed by atoms with Crippen molar-refractivity contribution in [3.8, 4) is 0 Å². The van der Waals surface area contributed by atoms with Crippen molar-refractivity contribution in [2.45, 2.75) is 51.2 Å². The molecule has 1 fully saturated rings. The molecule has 2 atom stereocenters. The lowest BCUT2D eigenvalue weighted by atomic mass is 9.91. The lowest BCUT2D eigenvalue weighted by Gasteiger charge is -2.37. The number of nitrogens with one attached hydrogen (secondary N) is 1. The second-order valence-electron chi connectivity index (χ2n) is 6.70. The SMILES string of the molecule is CCCN(C(=O)c1cnc(Nc2ccccc2)nc1)[C@@H]1CCCC[C@H]1O. The number of aliphatic hydroxyl groups excluding tert-OH is 1. The Balaban J connectivity index is 1.72. The number of amides is 1. The van der Waals surface area contributed by atoms with Crippen LogP contribution in [0.15, 0.2) is 42.7 Å². The highest BCUT2D eigenvalue weighted by Crippen LogP contribution is 2.25. The summed E-state index contributed by atoms with van der Waals surface area (Å²) in [6.45, 7) is 2.67. The number of carbonyl (C=O) groups excluding carboxylic acids is 1. The first-order valence-electron chi connectivity index (χ1n) is 9.32. The largest absolute Gasteiger partial charge is 0.391 e. The zero-order chi connectivity index (χ0) is 18.4. The smallest absolute Gasteiger partial charge is 0.257 e. The molecule has 0 aliphatic heterocycles. The minimum atomic E-state index is -0.445. The van der Waals surface area contributed by atoms with Crippen molar-refractivity contribution in [3.63, 3.8) is 0 Å². The van der Waals surface area contributed by atoms with E-state index in [0.29, 0.717) is 18.1 Å². The molecule has 1 aromatic carbocycles. The minimum absolute atomic E-state index is 0.107. The average molecular weight is 354 g/mol. The van der Waals surface area contributed by atoms with Crippen LogP contribution in [0.2, 0.25) is 0 Å². The van der Waals surface area contributed by atoms with Gasteiger partial charge in [0.2, 0.25) is 5.95 Å². The fourth-order valence-corrected chi connectivity index (χ4v) is 3.43. The van der Waals surface area contributed by atoms with E-state index in [9.17, 15) is 9.90 Å². The van der Waals surface area contributed by atoms with Crippen LogP contribution in [0.4, 0.5) is 11.6 Å². The molecule has 6 heteroatoms. The number of aromatic nitrogens is 2. The van der Waals surface area contributed by atoms with E-state index in [1.807, 2.05) is 37.3 Å². The van der Waals surface area contributed by atoms with E-state index in [0.717, 1.165) is 37.8 Å². The first kappa shape index (κ1) is 18.3. The molecule has 1 saturated carbocycles. The highest BCUT2D eigenvalue weighted by Gasteiger charge is 2.32. The summed E-state index contributed by atoms with van der Waals surface area (Å²) in [4.78, 5) is 23.3. The summed E-state index contributed by atoms with van der Waals surface area (Å²) in [6.07, 6.45) is 7.19. The highest BCUT2D eigenvalue weighted by molar-refractivity contribution is 5.94. The number of aliphatic hydroxyl groups is 1. The second-order valence-corrected chi connectivity index (χ2v) is 6.70. The molecule has 0 saturated heterocycles.